The highest BCUT2D eigenvalue weighted by Gasteiger charge is 2.14. The average Bonchev–Trinajstić information content (AvgIpc) is 2.82. The van der Waals surface area contributed by atoms with E-state index in [9.17, 15) is 0 Å². The zero-order valence-corrected chi connectivity index (χ0v) is 10.5. The summed E-state index contributed by atoms with van der Waals surface area (Å²) in [6.45, 7) is 5.75. The fourth-order valence-electron chi connectivity index (χ4n) is 2.43. The lowest BCUT2D eigenvalue weighted by Gasteiger charge is -2.12. The van der Waals surface area contributed by atoms with Crippen molar-refractivity contribution in [1.29, 1.82) is 0 Å². The molecule has 1 heteroatoms. The molecule has 1 heterocycles. The molecule has 0 radical (unpaired) electrons. The van der Waals surface area contributed by atoms with Crippen LogP contribution in [-0.2, 0) is 6.42 Å². The molecular weight excluding hydrogens is 194 g/mol. The third-order valence-electron chi connectivity index (χ3n) is 3.81. The van der Waals surface area contributed by atoms with E-state index in [1.165, 1.54) is 43.4 Å². The fraction of sp³-hybridized carbons (Fsp3) is 0.600. The Morgan fingerprint density at radius 3 is 2.62 bits per heavy atom. The summed E-state index contributed by atoms with van der Waals surface area (Å²) in [5, 5.41) is 3.55. The molecule has 1 aromatic rings. The summed E-state index contributed by atoms with van der Waals surface area (Å²) in [6, 6.07) is 9.94. The lowest BCUT2D eigenvalue weighted by atomic mass is 9.96. The van der Waals surface area contributed by atoms with Crippen molar-refractivity contribution in [3.63, 3.8) is 0 Å². The molecule has 1 aliphatic heterocycles. The van der Waals surface area contributed by atoms with Crippen molar-refractivity contribution in [3.8, 4) is 0 Å². The SMILES string of the molecule is CCC(C)c1ccc(CC2CCCN2)cc1. The second kappa shape index (κ2) is 5.49. The summed E-state index contributed by atoms with van der Waals surface area (Å²) in [4.78, 5) is 0. The van der Waals surface area contributed by atoms with Crippen LogP contribution in [-0.4, -0.2) is 12.6 Å². The van der Waals surface area contributed by atoms with E-state index in [0.717, 1.165) is 6.04 Å². The first kappa shape index (κ1) is 11.7. The van der Waals surface area contributed by atoms with E-state index in [0.29, 0.717) is 5.92 Å². The molecule has 1 aromatic carbocycles. The highest BCUT2D eigenvalue weighted by molar-refractivity contribution is 5.25. The van der Waals surface area contributed by atoms with Crippen LogP contribution in [0, 0.1) is 0 Å². The van der Waals surface area contributed by atoms with Gasteiger partial charge in [0.1, 0.15) is 0 Å². The molecule has 16 heavy (non-hydrogen) atoms. The van der Waals surface area contributed by atoms with Gasteiger partial charge >= 0.3 is 0 Å². The Bertz CT molecular complexity index is 309. The van der Waals surface area contributed by atoms with Gasteiger partial charge in [0.05, 0.1) is 0 Å². The summed E-state index contributed by atoms with van der Waals surface area (Å²) in [5.74, 6) is 0.693. The quantitative estimate of drug-likeness (QED) is 0.814. The highest BCUT2D eigenvalue weighted by Crippen LogP contribution is 2.20. The van der Waals surface area contributed by atoms with Gasteiger partial charge in [-0.2, -0.15) is 0 Å². The van der Waals surface area contributed by atoms with Crippen LogP contribution in [0.1, 0.15) is 50.2 Å². The van der Waals surface area contributed by atoms with Crippen molar-refractivity contribution < 1.29 is 0 Å². The van der Waals surface area contributed by atoms with E-state index in [-0.39, 0.29) is 0 Å². The molecule has 0 aliphatic carbocycles. The topological polar surface area (TPSA) is 12.0 Å². The Balaban J connectivity index is 1.96. The molecule has 1 fully saturated rings. The lowest BCUT2D eigenvalue weighted by molar-refractivity contribution is 0.603. The molecule has 1 N–H and O–H groups in total. The second-order valence-corrected chi connectivity index (χ2v) is 5.05. The molecule has 1 aliphatic rings. The lowest BCUT2D eigenvalue weighted by Crippen LogP contribution is -2.23. The number of nitrogens with one attached hydrogen (secondary N) is 1. The molecule has 1 saturated heterocycles. The van der Waals surface area contributed by atoms with Crippen LogP contribution in [0.2, 0.25) is 0 Å². The summed E-state index contributed by atoms with van der Waals surface area (Å²) in [6.07, 6.45) is 5.10. The molecule has 88 valence electrons. The van der Waals surface area contributed by atoms with Crippen molar-refractivity contribution in [2.45, 2.75) is 51.5 Å². The van der Waals surface area contributed by atoms with E-state index in [2.05, 4.69) is 43.4 Å². The van der Waals surface area contributed by atoms with Gasteiger partial charge in [0.25, 0.3) is 0 Å². The van der Waals surface area contributed by atoms with Crippen molar-refractivity contribution in [1.82, 2.24) is 5.32 Å². The Labute approximate surface area is 99.3 Å². The van der Waals surface area contributed by atoms with Gasteiger partial charge in [0, 0.05) is 6.04 Å². The number of hydrogen-bond acceptors (Lipinski definition) is 1. The van der Waals surface area contributed by atoms with Gasteiger partial charge in [-0.15, -0.1) is 0 Å². The normalized spacial score (nSPS) is 22.2. The third kappa shape index (κ3) is 2.85. The maximum absolute atomic E-state index is 3.55. The van der Waals surface area contributed by atoms with E-state index >= 15 is 0 Å². The van der Waals surface area contributed by atoms with Crippen LogP contribution < -0.4 is 5.32 Å². The first-order valence-electron chi connectivity index (χ1n) is 6.62. The maximum Gasteiger partial charge on any atom is 0.0108 e. The minimum atomic E-state index is 0.693. The van der Waals surface area contributed by atoms with Gasteiger partial charge in [-0.25, -0.2) is 0 Å². The fourth-order valence-corrected chi connectivity index (χ4v) is 2.43. The Morgan fingerprint density at radius 1 is 1.31 bits per heavy atom. The van der Waals surface area contributed by atoms with Gasteiger partial charge in [-0.05, 0) is 49.3 Å². The van der Waals surface area contributed by atoms with Gasteiger partial charge < -0.3 is 5.32 Å². The van der Waals surface area contributed by atoms with Crippen molar-refractivity contribution in [2.75, 3.05) is 6.54 Å². The molecule has 0 bridgehead atoms. The maximum atomic E-state index is 3.55. The molecule has 1 nitrogen and oxygen atoms in total. The molecule has 2 atom stereocenters. The minimum Gasteiger partial charge on any atom is -0.314 e. The average molecular weight is 217 g/mol. The summed E-state index contributed by atoms with van der Waals surface area (Å²) in [7, 11) is 0. The first-order valence-corrected chi connectivity index (χ1v) is 6.62. The van der Waals surface area contributed by atoms with Crippen molar-refractivity contribution in [3.05, 3.63) is 35.4 Å². The van der Waals surface area contributed by atoms with E-state index in [1.54, 1.807) is 0 Å². The molecule has 0 saturated carbocycles. The second-order valence-electron chi connectivity index (χ2n) is 5.05. The largest absolute Gasteiger partial charge is 0.314 e. The molecule has 2 rings (SSSR count). The van der Waals surface area contributed by atoms with Gasteiger partial charge in [-0.1, -0.05) is 38.1 Å². The zero-order chi connectivity index (χ0) is 11.4. The monoisotopic (exact) mass is 217 g/mol. The van der Waals surface area contributed by atoms with E-state index in [4.69, 9.17) is 0 Å². The zero-order valence-electron chi connectivity index (χ0n) is 10.5. The van der Waals surface area contributed by atoms with Crippen LogP contribution in [0.3, 0.4) is 0 Å². The minimum absolute atomic E-state index is 0.693. The predicted molar refractivity (Wildman–Crippen MR) is 69.9 cm³/mol. The summed E-state index contributed by atoms with van der Waals surface area (Å²) < 4.78 is 0. The van der Waals surface area contributed by atoms with Crippen LogP contribution in [0.5, 0.6) is 0 Å². The predicted octanol–water partition coefficient (Wildman–Crippen LogP) is 3.49. The molecule has 2 unspecified atom stereocenters. The Kier molecular flexibility index (Phi) is 4.00. The standard InChI is InChI=1S/C15H23N/c1-3-12(2)14-8-6-13(7-9-14)11-15-5-4-10-16-15/h6-9,12,15-16H,3-5,10-11H2,1-2H3. The Hall–Kier alpha value is -0.820. The number of benzene rings is 1. The number of rotatable bonds is 4. The smallest absolute Gasteiger partial charge is 0.0108 e. The summed E-state index contributed by atoms with van der Waals surface area (Å²) in [5.41, 5.74) is 2.96. The van der Waals surface area contributed by atoms with Crippen molar-refractivity contribution >= 4 is 0 Å². The molecule has 0 aromatic heterocycles. The van der Waals surface area contributed by atoms with Crippen molar-refractivity contribution in [2.24, 2.45) is 0 Å². The molecular formula is C15H23N. The van der Waals surface area contributed by atoms with Crippen LogP contribution in [0.4, 0.5) is 0 Å². The van der Waals surface area contributed by atoms with Gasteiger partial charge in [-0.3, -0.25) is 0 Å². The van der Waals surface area contributed by atoms with E-state index < -0.39 is 0 Å². The molecule has 0 spiro atoms. The van der Waals surface area contributed by atoms with Crippen LogP contribution >= 0.6 is 0 Å². The van der Waals surface area contributed by atoms with Gasteiger partial charge in [0.15, 0.2) is 0 Å². The van der Waals surface area contributed by atoms with Gasteiger partial charge in [0.2, 0.25) is 0 Å². The molecule has 0 amide bonds. The Morgan fingerprint density at radius 2 is 2.06 bits per heavy atom. The highest BCUT2D eigenvalue weighted by atomic mass is 14.9. The number of hydrogen-bond donors (Lipinski definition) is 1. The van der Waals surface area contributed by atoms with E-state index in [1.807, 2.05) is 0 Å². The first-order chi connectivity index (χ1) is 7.79. The van der Waals surface area contributed by atoms with Crippen LogP contribution in [0.15, 0.2) is 24.3 Å². The third-order valence-corrected chi connectivity index (χ3v) is 3.81. The summed E-state index contributed by atoms with van der Waals surface area (Å²) >= 11 is 0. The van der Waals surface area contributed by atoms with Crippen LogP contribution in [0.25, 0.3) is 0 Å².